The van der Waals surface area contributed by atoms with Crippen molar-refractivity contribution in [2.45, 2.75) is 51.2 Å². The van der Waals surface area contributed by atoms with E-state index in [4.69, 9.17) is 4.74 Å². The van der Waals surface area contributed by atoms with Crippen molar-refractivity contribution in [2.24, 2.45) is 0 Å². The van der Waals surface area contributed by atoms with Crippen molar-refractivity contribution in [3.05, 3.63) is 30.3 Å². The molecular weight excluding hydrogens is 288 g/mol. The Bertz CT molecular complexity index is 491. The maximum absolute atomic E-state index is 12.6. The highest BCUT2D eigenvalue weighted by Gasteiger charge is 2.29. The van der Waals surface area contributed by atoms with Crippen LogP contribution in [-0.4, -0.2) is 54.0 Å². The number of rotatable bonds is 4. The second-order valence-corrected chi connectivity index (χ2v) is 6.73. The topological polar surface area (TPSA) is 32.8 Å². The van der Waals surface area contributed by atoms with Crippen LogP contribution in [-0.2, 0) is 4.79 Å². The Kier molecular flexibility index (Phi) is 5.55. The van der Waals surface area contributed by atoms with Gasteiger partial charge in [-0.3, -0.25) is 9.69 Å². The minimum Gasteiger partial charge on any atom is -0.481 e. The first kappa shape index (κ1) is 16.3. The van der Waals surface area contributed by atoms with Crippen LogP contribution in [0.4, 0.5) is 0 Å². The number of hydrogen-bond donors (Lipinski definition) is 0. The van der Waals surface area contributed by atoms with Gasteiger partial charge in [0.2, 0.25) is 0 Å². The molecule has 23 heavy (non-hydrogen) atoms. The lowest BCUT2D eigenvalue weighted by Gasteiger charge is -2.41. The number of piperazine rings is 1. The van der Waals surface area contributed by atoms with Gasteiger partial charge < -0.3 is 9.64 Å². The SMILES string of the molecule is C[C@@H](Oc1ccccc1)C(=O)N1CCN(C2CCCCC2)CC1. The summed E-state index contributed by atoms with van der Waals surface area (Å²) in [5.74, 6) is 0.867. The molecule has 1 aliphatic carbocycles. The van der Waals surface area contributed by atoms with Crippen LogP contribution in [0.25, 0.3) is 0 Å². The molecule has 2 fully saturated rings. The molecule has 1 heterocycles. The van der Waals surface area contributed by atoms with Crippen LogP contribution in [0, 0.1) is 0 Å². The van der Waals surface area contributed by atoms with Crippen LogP contribution >= 0.6 is 0 Å². The highest BCUT2D eigenvalue weighted by Crippen LogP contribution is 2.23. The standard InChI is InChI=1S/C19H28N2O2/c1-16(23-18-10-6-3-7-11-18)19(22)21-14-12-20(13-15-21)17-8-4-2-5-9-17/h3,6-7,10-11,16-17H,2,4-5,8-9,12-15H2,1H3/t16-/m1/s1. The predicted octanol–water partition coefficient (Wildman–Crippen LogP) is 2.93. The molecular formula is C19H28N2O2. The highest BCUT2D eigenvalue weighted by molar-refractivity contribution is 5.81. The summed E-state index contributed by atoms with van der Waals surface area (Å²) in [7, 11) is 0. The molecule has 0 bridgehead atoms. The maximum atomic E-state index is 12.6. The summed E-state index contributed by atoms with van der Waals surface area (Å²) >= 11 is 0. The lowest BCUT2D eigenvalue weighted by atomic mass is 9.94. The lowest BCUT2D eigenvalue weighted by molar-refractivity contribution is -0.140. The second-order valence-electron chi connectivity index (χ2n) is 6.73. The Morgan fingerprint density at radius 3 is 2.35 bits per heavy atom. The summed E-state index contributed by atoms with van der Waals surface area (Å²) in [6, 6.07) is 10.3. The average molecular weight is 316 g/mol. The Hall–Kier alpha value is -1.55. The van der Waals surface area contributed by atoms with Gasteiger partial charge in [0.1, 0.15) is 5.75 Å². The van der Waals surface area contributed by atoms with Crippen molar-refractivity contribution in [3.63, 3.8) is 0 Å². The minimum absolute atomic E-state index is 0.108. The fourth-order valence-corrected chi connectivity index (χ4v) is 3.76. The van der Waals surface area contributed by atoms with Gasteiger partial charge in [-0.25, -0.2) is 0 Å². The van der Waals surface area contributed by atoms with Gasteiger partial charge in [0.25, 0.3) is 5.91 Å². The summed E-state index contributed by atoms with van der Waals surface area (Å²) in [5.41, 5.74) is 0. The monoisotopic (exact) mass is 316 g/mol. The molecule has 0 unspecified atom stereocenters. The molecule has 1 aliphatic heterocycles. The molecule has 0 aromatic heterocycles. The van der Waals surface area contributed by atoms with E-state index in [1.54, 1.807) is 0 Å². The number of benzene rings is 1. The van der Waals surface area contributed by atoms with Gasteiger partial charge in [-0.1, -0.05) is 37.5 Å². The van der Waals surface area contributed by atoms with Crippen molar-refractivity contribution in [2.75, 3.05) is 26.2 Å². The lowest BCUT2D eigenvalue weighted by Crippen LogP contribution is -2.54. The number of ether oxygens (including phenoxy) is 1. The van der Waals surface area contributed by atoms with Gasteiger partial charge in [-0.2, -0.15) is 0 Å². The quantitative estimate of drug-likeness (QED) is 0.856. The van der Waals surface area contributed by atoms with Crippen molar-refractivity contribution in [3.8, 4) is 5.75 Å². The van der Waals surface area contributed by atoms with E-state index in [1.165, 1.54) is 32.1 Å². The number of nitrogens with zero attached hydrogens (tertiary/aromatic N) is 2. The molecule has 0 N–H and O–H groups in total. The van der Waals surface area contributed by atoms with E-state index in [9.17, 15) is 4.79 Å². The van der Waals surface area contributed by atoms with E-state index in [0.717, 1.165) is 38.0 Å². The molecule has 0 spiro atoms. The molecule has 1 atom stereocenters. The molecule has 1 saturated carbocycles. The van der Waals surface area contributed by atoms with Crippen LogP contribution < -0.4 is 4.74 Å². The minimum atomic E-state index is -0.418. The zero-order valence-electron chi connectivity index (χ0n) is 14.1. The van der Waals surface area contributed by atoms with E-state index in [2.05, 4.69) is 4.90 Å². The molecule has 1 amide bonds. The van der Waals surface area contributed by atoms with E-state index in [0.29, 0.717) is 0 Å². The van der Waals surface area contributed by atoms with Crippen LogP contribution in [0.3, 0.4) is 0 Å². The first-order valence-corrected chi connectivity index (χ1v) is 8.98. The first-order chi connectivity index (χ1) is 11.2. The third-order valence-corrected chi connectivity index (χ3v) is 5.12. The van der Waals surface area contributed by atoms with Crippen LogP contribution in [0.1, 0.15) is 39.0 Å². The normalized spacial score (nSPS) is 21.9. The zero-order valence-corrected chi connectivity index (χ0v) is 14.1. The molecule has 1 aromatic rings. The number of para-hydroxylation sites is 1. The number of carbonyl (C=O) groups is 1. The molecule has 4 nitrogen and oxygen atoms in total. The van der Waals surface area contributed by atoms with Crippen molar-refractivity contribution in [1.82, 2.24) is 9.80 Å². The Morgan fingerprint density at radius 1 is 1.04 bits per heavy atom. The molecule has 2 aliphatic rings. The maximum Gasteiger partial charge on any atom is 0.263 e. The summed E-state index contributed by atoms with van der Waals surface area (Å²) < 4.78 is 5.77. The predicted molar refractivity (Wildman–Crippen MR) is 91.6 cm³/mol. The zero-order chi connectivity index (χ0) is 16.1. The van der Waals surface area contributed by atoms with Gasteiger partial charge in [0, 0.05) is 32.2 Å². The van der Waals surface area contributed by atoms with Crippen LogP contribution in [0.2, 0.25) is 0 Å². The number of carbonyl (C=O) groups excluding carboxylic acids is 1. The summed E-state index contributed by atoms with van der Waals surface area (Å²) in [5, 5.41) is 0. The third kappa shape index (κ3) is 4.25. The van der Waals surface area contributed by atoms with E-state index < -0.39 is 6.10 Å². The van der Waals surface area contributed by atoms with Crippen LogP contribution in [0.5, 0.6) is 5.75 Å². The third-order valence-electron chi connectivity index (χ3n) is 5.12. The van der Waals surface area contributed by atoms with E-state index in [-0.39, 0.29) is 5.91 Å². The average Bonchev–Trinajstić information content (AvgIpc) is 2.63. The summed E-state index contributed by atoms with van der Waals surface area (Å²) in [4.78, 5) is 17.1. The van der Waals surface area contributed by atoms with Crippen molar-refractivity contribution >= 4 is 5.91 Å². The Labute approximate surface area is 139 Å². The van der Waals surface area contributed by atoms with Gasteiger partial charge in [-0.05, 0) is 31.9 Å². The highest BCUT2D eigenvalue weighted by atomic mass is 16.5. The molecule has 126 valence electrons. The molecule has 1 saturated heterocycles. The number of amides is 1. The first-order valence-electron chi connectivity index (χ1n) is 8.98. The summed E-state index contributed by atoms with van der Waals surface area (Å²) in [6.07, 6.45) is 6.38. The largest absolute Gasteiger partial charge is 0.481 e. The molecule has 1 aromatic carbocycles. The number of hydrogen-bond acceptors (Lipinski definition) is 3. The molecule has 4 heteroatoms. The van der Waals surface area contributed by atoms with Gasteiger partial charge >= 0.3 is 0 Å². The Morgan fingerprint density at radius 2 is 1.70 bits per heavy atom. The van der Waals surface area contributed by atoms with Crippen LogP contribution in [0.15, 0.2) is 30.3 Å². The fourth-order valence-electron chi connectivity index (χ4n) is 3.76. The van der Waals surface area contributed by atoms with Crippen molar-refractivity contribution in [1.29, 1.82) is 0 Å². The van der Waals surface area contributed by atoms with Gasteiger partial charge in [0.05, 0.1) is 0 Å². The fraction of sp³-hybridized carbons (Fsp3) is 0.632. The van der Waals surface area contributed by atoms with Gasteiger partial charge in [-0.15, -0.1) is 0 Å². The van der Waals surface area contributed by atoms with E-state index >= 15 is 0 Å². The van der Waals surface area contributed by atoms with Crippen molar-refractivity contribution < 1.29 is 9.53 Å². The molecule has 0 radical (unpaired) electrons. The Balaban J connectivity index is 1.47. The second kappa shape index (κ2) is 7.82. The van der Waals surface area contributed by atoms with Gasteiger partial charge in [0.15, 0.2) is 6.10 Å². The summed E-state index contributed by atoms with van der Waals surface area (Å²) in [6.45, 7) is 5.53. The smallest absolute Gasteiger partial charge is 0.263 e. The van der Waals surface area contributed by atoms with E-state index in [1.807, 2.05) is 42.2 Å². The molecule has 3 rings (SSSR count).